The fraction of sp³-hybridized carbons (Fsp3) is 0.526. The molecule has 0 saturated carbocycles. The molecule has 7 nitrogen and oxygen atoms in total. The maximum atomic E-state index is 11.9. The van der Waals surface area contributed by atoms with Crippen molar-refractivity contribution in [2.24, 2.45) is 4.99 Å². The second-order valence-corrected chi connectivity index (χ2v) is 5.89. The van der Waals surface area contributed by atoms with Gasteiger partial charge in [-0.1, -0.05) is 26.0 Å². The van der Waals surface area contributed by atoms with E-state index in [9.17, 15) is 9.59 Å². The zero-order valence-electron chi connectivity index (χ0n) is 15.8. The summed E-state index contributed by atoms with van der Waals surface area (Å²) in [7, 11) is 1.38. The third-order valence-corrected chi connectivity index (χ3v) is 4.34. The number of carbonyl (C=O) groups excluding carboxylic acids is 2. The van der Waals surface area contributed by atoms with E-state index in [2.05, 4.69) is 10.3 Å². The first-order valence-corrected chi connectivity index (χ1v) is 8.92. The van der Waals surface area contributed by atoms with Crippen LogP contribution in [-0.2, 0) is 27.1 Å². The molecule has 1 heterocycles. The fourth-order valence-electron chi connectivity index (χ4n) is 3.22. The molecule has 26 heavy (non-hydrogen) atoms. The standard InChI is InChI=1S/C17H20N2O5.C2H6/c1-3-23-16(21)18-15-19-17(10-24-15)8-7-12-11(9-17)5-4-6-13(12)14(20)22-2;1-2/h4-6H,3,7-10H2,1-2H3,(H,18,19,21);1-2H3. The number of hydrogen-bond donors (Lipinski definition) is 1. The molecule has 1 aromatic carbocycles. The second-order valence-electron chi connectivity index (χ2n) is 5.89. The largest absolute Gasteiger partial charge is 0.465 e. The summed E-state index contributed by atoms with van der Waals surface area (Å²) in [5, 5.41) is 2.51. The van der Waals surface area contributed by atoms with Crippen LogP contribution in [0.25, 0.3) is 0 Å². The van der Waals surface area contributed by atoms with E-state index in [1.54, 1.807) is 13.0 Å². The predicted octanol–water partition coefficient (Wildman–Crippen LogP) is 2.86. The molecule has 0 fully saturated rings. The summed E-state index contributed by atoms with van der Waals surface area (Å²) in [6.07, 6.45) is 1.53. The number of carbonyl (C=O) groups is 2. The predicted molar refractivity (Wildman–Crippen MR) is 97.4 cm³/mol. The molecule has 0 aromatic heterocycles. The molecule has 1 aliphatic carbocycles. The Morgan fingerprint density at radius 2 is 2.12 bits per heavy atom. The van der Waals surface area contributed by atoms with Crippen molar-refractivity contribution >= 4 is 18.1 Å². The molecule has 1 aliphatic heterocycles. The molecule has 1 atom stereocenters. The molecule has 3 rings (SSSR count). The van der Waals surface area contributed by atoms with Gasteiger partial charge in [0.05, 0.1) is 19.3 Å². The van der Waals surface area contributed by atoms with Gasteiger partial charge in [0, 0.05) is 6.42 Å². The number of fused-ring (bicyclic) bond motifs is 1. The van der Waals surface area contributed by atoms with Crippen LogP contribution in [0.1, 0.15) is 48.7 Å². The molecule has 142 valence electrons. The maximum Gasteiger partial charge on any atom is 0.415 e. The third kappa shape index (κ3) is 4.15. The van der Waals surface area contributed by atoms with Crippen molar-refractivity contribution in [2.75, 3.05) is 20.3 Å². The van der Waals surface area contributed by atoms with Crippen LogP contribution < -0.4 is 5.32 Å². The first kappa shape index (κ1) is 19.8. The summed E-state index contributed by atoms with van der Waals surface area (Å²) < 4.78 is 15.2. The lowest BCUT2D eigenvalue weighted by molar-refractivity contribution is 0.0598. The molecule has 2 aliphatic rings. The van der Waals surface area contributed by atoms with Crippen molar-refractivity contribution < 1.29 is 23.8 Å². The number of nitrogens with one attached hydrogen (secondary N) is 1. The van der Waals surface area contributed by atoms with Crippen molar-refractivity contribution in [3.8, 4) is 0 Å². The first-order valence-electron chi connectivity index (χ1n) is 8.92. The average molecular weight is 362 g/mol. The zero-order chi connectivity index (χ0) is 19.2. The highest BCUT2D eigenvalue weighted by atomic mass is 16.6. The van der Waals surface area contributed by atoms with Gasteiger partial charge < -0.3 is 14.2 Å². The minimum Gasteiger partial charge on any atom is -0.465 e. The summed E-state index contributed by atoms with van der Waals surface area (Å²) in [5.41, 5.74) is 2.28. The minimum atomic E-state index is -0.572. The molecule has 7 heteroatoms. The highest BCUT2D eigenvalue weighted by Crippen LogP contribution is 2.36. The van der Waals surface area contributed by atoms with E-state index < -0.39 is 11.6 Å². The lowest BCUT2D eigenvalue weighted by Crippen LogP contribution is -2.36. The van der Waals surface area contributed by atoms with Gasteiger partial charge in [-0.05, 0) is 37.0 Å². The number of nitrogens with zero attached hydrogens (tertiary/aromatic N) is 1. The topological polar surface area (TPSA) is 86.2 Å². The van der Waals surface area contributed by atoms with Crippen LogP contribution in [0, 0.1) is 0 Å². The Labute approximate surface area is 153 Å². The average Bonchev–Trinajstić information content (AvgIpc) is 3.03. The van der Waals surface area contributed by atoms with E-state index >= 15 is 0 Å². The number of hydrogen-bond acceptors (Lipinski definition) is 6. The Morgan fingerprint density at radius 3 is 2.81 bits per heavy atom. The van der Waals surface area contributed by atoms with E-state index in [0.29, 0.717) is 25.0 Å². The van der Waals surface area contributed by atoms with Gasteiger partial charge in [0.25, 0.3) is 6.02 Å². The van der Waals surface area contributed by atoms with Gasteiger partial charge in [-0.3, -0.25) is 0 Å². The summed E-state index contributed by atoms with van der Waals surface area (Å²) in [4.78, 5) is 27.9. The molecule has 1 spiro atoms. The molecule has 0 saturated heterocycles. The van der Waals surface area contributed by atoms with Crippen LogP contribution in [0.5, 0.6) is 0 Å². The van der Waals surface area contributed by atoms with Crippen LogP contribution in [0.2, 0.25) is 0 Å². The van der Waals surface area contributed by atoms with Crippen LogP contribution in [0.3, 0.4) is 0 Å². The summed E-state index contributed by atoms with van der Waals surface area (Å²) >= 11 is 0. The van der Waals surface area contributed by atoms with E-state index in [1.165, 1.54) is 7.11 Å². The maximum absolute atomic E-state index is 11.9. The number of esters is 1. The Balaban J connectivity index is 0.00000117. The number of ether oxygens (including phenoxy) is 3. The van der Waals surface area contributed by atoms with Crippen molar-refractivity contribution in [3.05, 3.63) is 34.9 Å². The molecular formula is C19H26N2O5. The molecule has 1 N–H and O–H groups in total. The van der Waals surface area contributed by atoms with E-state index in [4.69, 9.17) is 14.2 Å². The highest BCUT2D eigenvalue weighted by molar-refractivity contribution is 5.92. The van der Waals surface area contributed by atoms with Crippen molar-refractivity contribution in [1.82, 2.24) is 5.32 Å². The quantitative estimate of drug-likeness (QED) is 0.818. The lowest BCUT2D eigenvalue weighted by atomic mass is 9.77. The molecule has 1 aromatic rings. The van der Waals surface area contributed by atoms with Crippen LogP contribution >= 0.6 is 0 Å². The van der Waals surface area contributed by atoms with E-state index in [0.717, 1.165) is 17.5 Å². The van der Waals surface area contributed by atoms with Gasteiger partial charge in [-0.25, -0.2) is 19.9 Å². The van der Waals surface area contributed by atoms with E-state index in [-0.39, 0.29) is 18.6 Å². The Morgan fingerprint density at radius 1 is 1.35 bits per heavy atom. The van der Waals surface area contributed by atoms with Crippen LogP contribution in [0.4, 0.5) is 4.79 Å². The number of benzene rings is 1. The van der Waals surface area contributed by atoms with Crippen molar-refractivity contribution in [3.63, 3.8) is 0 Å². The van der Waals surface area contributed by atoms with Crippen LogP contribution in [0.15, 0.2) is 23.2 Å². The molecule has 0 radical (unpaired) electrons. The smallest absolute Gasteiger partial charge is 0.415 e. The minimum absolute atomic E-state index is 0.195. The normalized spacial score (nSPS) is 20.1. The number of aliphatic imine (C=N–C) groups is 1. The second kappa shape index (κ2) is 8.69. The number of amides is 1. The van der Waals surface area contributed by atoms with Crippen molar-refractivity contribution in [1.29, 1.82) is 0 Å². The summed E-state index contributed by atoms with van der Waals surface area (Å²) in [6, 6.07) is 5.82. The Hall–Kier alpha value is -2.57. The van der Waals surface area contributed by atoms with Gasteiger partial charge in [0.15, 0.2) is 0 Å². The molecule has 1 unspecified atom stereocenters. The van der Waals surface area contributed by atoms with Gasteiger partial charge >= 0.3 is 12.1 Å². The number of methoxy groups -OCH3 is 1. The lowest BCUT2D eigenvalue weighted by Gasteiger charge is -2.31. The van der Waals surface area contributed by atoms with E-state index in [1.807, 2.05) is 26.0 Å². The summed E-state index contributed by atoms with van der Waals surface area (Å²) in [5.74, 6) is -0.321. The monoisotopic (exact) mass is 362 g/mol. The fourth-order valence-corrected chi connectivity index (χ4v) is 3.22. The molecule has 1 amide bonds. The van der Waals surface area contributed by atoms with Gasteiger partial charge in [0.2, 0.25) is 0 Å². The number of rotatable bonds is 2. The zero-order valence-corrected chi connectivity index (χ0v) is 15.8. The molecular weight excluding hydrogens is 336 g/mol. The number of alkyl carbamates (subject to hydrolysis) is 1. The Kier molecular flexibility index (Phi) is 6.60. The van der Waals surface area contributed by atoms with Gasteiger partial charge in [0.1, 0.15) is 12.1 Å². The SMILES string of the molecule is CC.CCOC(=O)NC1=NC2(CCc3c(cccc3C(=O)OC)C2)CO1. The summed E-state index contributed by atoms with van der Waals surface area (Å²) in [6.45, 7) is 6.42. The van der Waals surface area contributed by atoms with Gasteiger partial charge in [-0.2, -0.15) is 0 Å². The van der Waals surface area contributed by atoms with Crippen LogP contribution in [-0.4, -0.2) is 43.9 Å². The molecule has 0 bridgehead atoms. The third-order valence-electron chi connectivity index (χ3n) is 4.34. The highest BCUT2D eigenvalue weighted by Gasteiger charge is 2.41. The number of amidine groups is 1. The Bertz CT molecular complexity index is 701. The van der Waals surface area contributed by atoms with Crippen molar-refractivity contribution in [2.45, 2.75) is 45.6 Å². The van der Waals surface area contributed by atoms with Gasteiger partial charge in [-0.15, -0.1) is 0 Å². The first-order chi connectivity index (χ1) is 12.6.